The SMILES string of the molecule is Cc1c(COc2ccccc2)cccc1NCC1(CO)COC1. The summed E-state index contributed by atoms with van der Waals surface area (Å²) in [5.74, 6) is 0.871. The highest BCUT2D eigenvalue weighted by atomic mass is 16.5. The minimum absolute atomic E-state index is 0.136. The second-order valence-corrected chi connectivity index (χ2v) is 6.20. The van der Waals surface area contributed by atoms with E-state index in [4.69, 9.17) is 9.47 Å². The number of rotatable bonds is 7. The molecule has 0 aliphatic carbocycles. The third-order valence-electron chi connectivity index (χ3n) is 4.39. The first-order chi connectivity index (χ1) is 11.2. The van der Waals surface area contributed by atoms with Crippen LogP contribution >= 0.6 is 0 Å². The molecular formula is C19H23NO3. The lowest BCUT2D eigenvalue weighted by molar-refractivity contribution is -0.128. The van der Waals surface area contributed by atoms with Crippen molar-refractivity contribution in [2.75, 3.05) is 31.7 Å². The van der Waals surface area contributed by atoms with Gasteiger partial charge in [-0.25, -0.2) is 0 Å². The van der Waals surface area contributed by atoms with E-state index < -0.39 is 0 Å². The van der Waals surface area contributed by atoms with Crippen molar-refractivity contribution in [3.8, 4) is 5.75 Å². The van der Waals surface area contributed by atoms with Gasteiger partial charge in [0.05, 0.1) is 25.2 Å². The van der Waals surface area contributed by atoms with E-state index in [-0.39, 0.29) is 12.0 Å². The van der Waals surface area contributed by atoms with Crippen LogP contribution in [0.1, 0.15) is 11.1 Å². The second-order valence-electron chi connectivity index (χ2n) is 6.20. The van der Waals surface area contributed by atoms with E-state index in [0.29, 0.717) is 26.4 Å². The molecule has 0 radical (unpaired) electrons. The second kappa shape index (κ2) is 7.02. The molecule has 0 amide bonds. The van der Waals surface area contributed by atoms with Gasteiger partial charge < -0.3 is 19.9 Å². The number of hydrogen-bond donors (Lipinski definition) is 2. The highest BCUT2D eigenvalue weighted by Crippen LogP contribution is 2.28. The summed E-state index contributed by atoms with van der Waals surface area (Å²) in [4.78, 5) is 0. The molecule has 1 aliphatic rings. The Balaban J connectivity index is 1.63. The van der Waals surface area contributed by atoms with Gasteiger partial charge in [0.25, 0.3) is 0 Å². The zero-order chi connectivity index (χ0) is 16.1. The molecule has 0 saturated carbocycles. The molecule has 0 aromatic heterocycles. The lowest BCUT2D eigenvalue weighted by Crippen LogP contribution is -2.50. The first-order valence-electron chi connectivity index (χ1n) is 7.91. The molecule has 0 unspecified atom stereocenters. The number of aliphatic hydroxyl groups excluding tert-OH is 1. The van der Waals surface area contributed by atoms with E-state index in [2.05, 4.69) is 24.4 Å². The van der Waals surface area contributed by atoms with Crippen LogP contribution in [0.4, 0.5) is 5.69 Å². The Labute approximate surface area is 137 Å². The van der Waals surface area contributed by atoms with E-state index >= 15 is 0 Å². The van der Waals surface area contributed by atoms with Gasteiger partial charge in [-0.05, 0) is 36.2 Å². The first-order valence-corrected chi connectivity index (χ1v) is 7.91. The monoisotopic (exact) mass is 313 g/mol. The summed E-state index contributed by atoms with van der Waals surface area (Å²) >= 11 is 0. The lowest BCUT2D eigenvalue weighted by atomic mass is 9.87. The standard InChI is InChI=1S/C19H23NO3/c1-15-16(10-23-17-7-3-2-4-8-17)6-5-9-18(15)20-11-19(12-21)13-22-14-19/h2-9,20-21H,10-14H2,1H3. The number of nitrogens with one attached hydrogen (secondary N) is 1. The predicted molar refractivity (Wildman–Crippen MR) is 90.8 cm³/mol. The van der Waals surface area contributed by atoms with Crippen LogP contribution < -0.4 is 10.1 Å². The molecule has 2 aromatic rings. The topological polar surface area (TPSA) is 50.7 Å². The average Bonchev–Trinajstić information content (AvgIpc) is 2.55. The number of hydrogen-bond acceptors (Lipinski definition) is 4. The Morgan fingerprint density at radius 3 is 2.57 bits per heavy atom. The van der Waals surface area contributed by atoms with Crippen LogP contribution in [0.5, 0.6) is 5.75 Å². The van der Waals surface area contributed by atoms with E-state index in [9.17, 15) is 5.11 Å². The maximum Gasteiger partial charge on any atom is 0.119 e. The maximum atomic E-state index is 9.51. The van der Waals surface area contributed by atoms with Crippen molar-refractivity contribution in [2.45, 2.75) is 13.5 Å². The number of aliphatic hydroxyl groups is 1. The highest BCUT2D eigenvalue weighted by Gasteiger charge is 2.37. The van der Waals surface area contributed by atoms with Gasteiger partial charge in [-0.15, -0.1) is 0 Å². The molecule has 0 bridgehead atoms. The van der Waals surface area contributed by atoms with Crippen LogP contribution in [0.15, 0.2) is 48.5 Å². The first kappa shape index (κ1) is 15.8. The zero-order valence-corrected chi connectivity index (χ0v) is 13.4. The molecule has 3 rings (SSSR count). The van der Waals surface area contributed by atoms with Gasteiger partial charge in [-0.3, -0.25) is 0 Å². The fourth-order valence-corrected chi connectivity index (χ4v) is 2.63. The molecule has 2 N–H and O–H groups in total. The van der Waals surface area contributed by atoms with Gasteiger partial charge in [-0.2, -0.15) is 0 Å². The summed E-state index contributed by atoms with van der Waals surface area (Å²) < 4.78 is 11.1. The Kier molecular flexibility index (Phi) is 4.84. The lowest BCUT2D eigenvalue weighted by Gasteiger charge is -2.40. The number of para-hydroxylation sites is 1. The molecule has 2 aromatic carbocycles. The van der Waals surface area contributed by atoms with E-state index in [1.807, 2.05) is 36.4 Å². The summed E-state index contributed by atoms with van der Waals surface area (Å²) in [5, 5.41) is 13.0. The van der Waals surface area contributed by atoms with Crippen molar-refractivity contribution in [3.63, 3.8) is 0 Å². The number of benzene rings is 2. The molecule has 122 valence electrons. The van der Waals surface area contributed by atoms with Crippen LogP contribution in [0, 0.1) is 12.3 Å². The van der Waals surface area contributed by atoms with Crippen molar-refractivity contribution >= 4 is 5.69 Å². The van der Waals surface area contributed by atoms with Crippen LogP contribution in [-0.4, -0.2) is 31.5 Å². The van der Waals surface area contributed by atoms with Crippen molar-refractivity contribution in [2.24, 2.45) is 5.41 Å². The summed E-state index contributed by atoms with van der Waals surface area (Å²) in [5.41, 5.74) is 3.28. The van der Waals surface area contributed by atoms with E-state index in [1.54, 1.807) is 0 Å². The average molecular weight is 313 g/mol. The van der Waals surface area contributed by atoms with Gasteiger partial charge in [0.1, 0.15) is 12.4 Å². The van der Waals surface area contributed by atoms with Gasteiger partial charge in [0, 0.05) is 12.2 Å². The van der Waals surface area contributed by atoms with E-state index in [1.165, 1.54) is 5.56 Å². The smallest absolute Gasteiger partial charge is 0.119 e. The minimum Gasteiger partial charge on any atom is -0.489 e. The van der Waals surface area contributed by atoms with Gasteiger partial charge in [0.2, 0.25) is 0 Å². The normalized spacial score (nSPS) is 15.7. The third-order valence-corrected chi connectivity index (χ3v) is 4.39. The molecule has 23 heavy (non-hydrogen) atoms. The molecule has 1 heterocycles. The Bertz CT molecular complexity index is 633. The van der Waals surface area contributed by atoms with Gasteiger partial charge >= 0.3 is 0 Å². The number of anilines is 1. The molecule has 1 fully saturated rings. The van der Waals surface area contributed by atoms with Crippen molar-refractivity contribution in [1.29, 1.82) is 0 Å². The fraction of sp³-hybridized carbons (Fsp3) is 0.368. The summed E-state index contributed by atoms with van der Waals surface area (Å²) in [6.07, 6.45) is 0. The van der Waals surface area contributed by atoms with Gasteiger partial charge in [-0.1, -0.05) is 30.3 Å². The predicted octanol–water partition coefficient (Wildman–Crippen LogP) is 2.99. The molecule has 4 heteroatoms. The van der Waals surface area contributed by atoms with E-state index in [0.717, 1.165) is 17.0 Å². The summed E-state index contributed by atoms with van der Waals surface area (Å²) in [6.45, 7) is 4.73. The molecule has 0 atom stereocenters. The van der Waals surface area contributed by atoms with Crippen molar-refractivity contribution in [1.82, 2.24) is 0 Å². The van der Waals surface area contributed by atoms with Crippen molar-refractivity contribution < 1.29 is 14.6 Å². The minimum atomic E-state index is -0.136. The molecule has 1 aliphatic heterocycles. The Morgan fingerprint density at radius 2 is 1.91 bits per heavy atom. The fourth-order valence-electron chi connectivity index (χ4n) is 2.63. The molecule has 4 nitrogen and oxygen atoms in total. The number of ether oxygens (including phenoxy) is 2. The molecule has 1 saturated heterocycles. The summed E-state index contributed by atoms with van der Waals surface area (Å²) in [6, 6.07) is 16.0. The van der Waals surface area contributed by atoms with Crippen LogP contribution in [0.3, 0.4) is 0 Å². The quantitative estimate of drug-likeness (QED) is 0.825. The largest absolute Gasteiger partial charge is 0.489 e. The summed E-state index contributed by atoms with van der Waals surface area (Å²) in [7, 11) is 0. The van der Waals surface area contributed by atoms with Crippen LogP contribution in [-0.2, 0) is 11.3 Å². The third kappa shape index (κ3) is 3.66. The highest BCUT2D eigenvalue weighted by molar-refractivity contribution is 5.54. The van der Waals surface area contributed by atoms with Crippen molar-refractivity contribution in [3.05, 3.63) is 59.7 Å². The Hall–Kier alpha value is -2.04. The molecule has 0 spiro atoms. The Morgan fingerprint density at radius 1 is 1.13 bits per heavy atom. The van der Waals surface area contributed by atoms with Crippen LogP contribution in [0.2, 0.25) is 0 Å². The van der Waals surface area contributed by atoms with Crippen LogP contribution in [0.25, 0.3) is 0 Å². The maximum absolute atomic E-state index is 9.51. The molecular weight excluding hydrogens is 290 g/mol. The zero-order valence-electron chi connectivity index (χ0n) is 13.4. The van der Waals surface area contributed by atoms with Gasteiger partial charge in [0.15, 0.2) is 0 Å².